The van der Waals surface area contributed by atoms with Gasteiger partial charge in [0.15, 0.2) is 0 Å². The molecule has 1 heterocycles. The van der Waals surface area contributed by atoms with Gasteiger partial charge in [-0.2, -0.15) is 0 Å². The maximum Gasteiger partial charge on any atom is 0.0740 e. The van der Waals surface area contributed by atoms with Crippen LogP contribution in [0.25, 0.3) is 0 Å². The Balaban J connectivity index is 2.31. The van der Waals surface area contributed by atoms with E-state index in [2.05, 4.69) is 22.4 Å². The number of rotatable bonds is 9. The lowest BCUT2D eigenvalue weighted by molar-refractivity contribution is 0.150. The number of nitrogens with two attached hydrogens (primary N) is 1. The quantitative estimate of drug-likeness (QED) is 0.697. The Hall–Kier alpha value is -0.490. The zero-order chi connectivity index (χ0) is 12.5. The number of thiophene rings is 1. The normalized spacial score (nSPS) is 10.9. The van der Waals surface area contributed by atoms with Gasteiger partial charge in [0.05, 0.1) is 11.6 Å². The van der Waals surface area contributed by atoms with Crippen LogP contribution in [0.1, 0.15) is 11.3 Å². The largest absolute Gasteiger partial charge is 0.393 e. The van der Waals surface area contributed by atoms with E-state index in [1.54, 1.807) is 18.4 Å². The van der Waals surface area contributed by atoms with E-state index in [0.29, 0.717) is 4.99 Å². The molecule has 0 saturated heterocycles. The van der Waals surface area contributed by atoms with Gasteiger partial charge in [-0.15, -0.1) is 11.3 Å². The van der Waals surface area contributed by atoms with Gasteiger partial charge in [-0.05, 0) is 17.9 Å². The van der Waals surface area contributed by atoms with Crippen LogP contribution >= 0.6 is 23.6 Å². The summed E-state index contributed by atoms with van der Waals surface area (Å²) in [6.07, 6.45) is 1.86. The molecule has 1 aromatic heterocycles. The predicted molar refractivity (Wildman–Crippen MR) is 77.7 cm³/mol. The third-order valence-electron chi connectivity index (χ3n) is 2.54. The van der Waals surface area contributed by atoms with Crippen molar-refractivity contribution in [1.29, 1.82) is 0 Å². The van der Waals surface area contributed by atoms with Gasteiger partial charge in [0.1, 0.15) is 0 Å². The second kappa shape index (κ2) is 8.58. The Labute approximate surface area is 113 Å². The van der Waals surface area contributed by atoms with Gasteiger partial charge in [-0.25, -0.2) is 0 Å². The molecule has 0 fully saturated rings. The summed E-state index contributed by atoms with van der Waals surface area (Å²) in [4.78, 5) is 4.36. The molecule has 0 amide bonds. The average molecular weight is 272 g/mol. The van der Waals surface area contributed by atoms with Gasteiger partial charge in [0.25, 0.3) is 0 Å². The van der Waals surface area contributed by atoms with Crippen molar-refractivity contribution in [2.45, 2.75) is 12.8 Å². The second-order valence-corrected chi connectivity index (χ2v) is 5.44. The minimum atomic E-state index is 0.587. The molecule has 17 heavy (non-hydrogen) atoms. The summed E-state index contributed by atoms with van der Waals surface area (Å²) in [7, 11) is 1.73. The minimum absolute atomic E-state index is 0.587. The van der Waals surface area contributed by atoms with Crippen molar-refractivity contribution in [1.82, 2.24) is 4.90 Å². The van der Waals surface area contributed by atoms with Crippen molar-refractivity contribution in [3.8, 4) is 0 Å². The molecule has 0 aliphatic rings. The molecule has 0 atom stereocenters. The minimum Gasteiger partial charge on any atom is -0.393 e. The number of hydrogen-bond acceptors (Lipinski definition) is 4. The van der Waals surface area contributed by atoms with Gasteiger partial charge in [0, 0.05) is 38.0 Å². The molecular formula is C12H20N2OS2. The highest BCUT2D eigenvalue weighted by Crippen LogP contribution is 2.09. The van der Waals surface area contributed by atoms with Crippen molar-refractivity contribution in [3.63, 3.8) is 0 Å². The first kappa shape index (κ1) is 14.6. The highest BCUT2D eigenvalue weighted by atomic mass is 32.1. The lowest BCUT2D eigenvalue weighted by atomic mass is 10.3. The first-order valence-corrected chi connectivity index (χ1v) is 7.03. The summed E-state index contributed by atoms with van der Waals surface area (Å²) >= 11 is 6.72. The molecule has 0 aromatic carbocycles. The molecule has 5 heteroatoms. The fourth-order valence-electron chi connectivity index (χ4n) is 1.55. The molecule has 1 rings (SSSR count). The van der Waals surface area contributed by atoms with Crippen LogP contribution in [0.3, 0.4) is 0 Å². The molecule has 0 aliphatic carbocycles. The van der Waals surface area contributed by atoms with Gasteiger partial charge >= 0.3 is 0 Å². The first-order chi connectivity index (χ1) is 8.22. The van der Waals surface area contributed by atoms with Crippen LogP contribution < -0.4 is 5.73 Å². The van der Waals surface area contributed by atoms with E-state index in [-0.39, 0.29) is 0 Å². The smallest absolute Gasteiger partial charge is 0.0740 e. The average Bonchev–Trinajstić information content (AvgIpc) is 2.80. The van der Waals surface area contributed by atoms with E-state index in [0.717, 1.165) is 39.1 Å². The number of nitrogens with zero attached hydrogens (tertiary/aromatic N) is 1. The number of thiocarbonyl (C=S) groups is 1. The molecule has 1 aromatic rings. The van der Waals surface area contributed by atoms with Crippen LogP contribution in [0.5, 0.6) is 0 Å². The maximum absolute atomic E-state index is 5.54. The molecule has 0 radical (unpaired) electrons. The fourth-order valence-corrected chi connectivity index (χ4v) is 2.34. The number of ether oxygens (including phenoxy) is 1. The molecule has 3 nitrogen and oxygen atoms in total. The van der Waals surface area contributed by atoms with Gasteiger partial charge in [0.2, 0.25) is 0 Å². The van der Waals surface area contributed by atoms with Crippen molar-refractivity contribution >= 4 is 28.5 Å². The van der Waals surface area contributed by atoms with Crippen LogP contribution in [0.15, 0.2) is 17.5 Å². The second-order valence-electron chi connectivity index (χ2n) is 3.88. The van der Waals surface area contributed by atoms with E-state index < -0.39 is 0 Å². The Morgan fingerprint density at radius 2 is 2.29 bits per heavy atom. The zero-order valence-corrected chi connectivity index (χ0v) is 11.9. The first-order valence-electron chi connectivity index (χ1n) is 5.74. The fraction of sp³-hybridized carbons (Fsp3) is 0.583. The summed E-state index contributed by atoms with van der Waals surface area (Å²) in [5, 5.41) is 2.11. The highest BCUT2D eigenvalue weighted by Gasteiger charge is 2.06. The molecule has 0 bridgehead atoms. The van der Waals surface area contributed by atoms with E-state index in [9.17, 15) is 0 Å². The lowest BCUT2D eigenvalue weighted by Crippen LogP contribution is -2.32. The molecule has 0 spiro atoms. The summed E-state index contributed by atoms with van der Waals surface area (Å²) < 4.78 is 5.11. The SMILES string of the molecule is COCCN(CCC(N)=S)CCc1cccs1. The maximum atomic E-state index is 5.54. The van der Waals surface area contributed by atoms with Crippen molar-refractivity contribution < 1.29 is 4.74 Å². The Bertz CT molecular complexity index is 314. The monoisotopic (exact) mass is 272 g/mol. The van der Waals surface area contributed by atoms with Crippen LogP contribution in [-0.2, 0) is 11.2 Å². The van der Waals surface area contributed by atoms with Crippen LogP contribution in [0.4, 0.5) is 0 Å². The Morgan fingerprint density at radius 3 is 2.88 bits per heavy atom. The van der Waals surface area contributed by atoms with E-state index in [1.807, 2.05) is 0 Å². The van der Waals surface area contributed by atoms with Gasteiger partial charge in [-0.3, -0.25) is 0 Å². The lowest BCUT2D eigenvalue weighted by Gasteiger charge is -2.21. The van der Waals surface area contributed by atoms with Crippen LogP contribution in [0.2, 0.25) is 0 Å². The van der Waals surface area contributed by atoms with E-state index >= 15 is 0 Å². The number of methoxy groups -OCH3 is 1. The molecule has 0 unspecified atom stereocenters. The molecule has 2 N–H and O–H groups in total. The molecule has 0 saturated carbocycles. The highest BCUT2D eigenvalue weighted by molar-refractivity contribution is 7.80. The Kier molecular flexibility index (Phi) is 7.35. The summed E-state index contributed by atoms with van der Waals surface area (Å²) in [5.74, 6) is 0. The van der Waals surface area contributed by atoms with Gasteiger partial charge in [-0.1, -0.05) is 18.3 Å². The molecule has 0 aliphatic heterocycles. The third kappa shape index (κ3) is 6.73. The molecular weight excluding hydrogens is 252 g/mol. The standard InChI is InChI=1S/C12H20N2OS2/c1-15-9-8-14(7-5-12(13)16)6-4-11-3-2-10-17-11/h2-3,10H,4-9H2,1H3,(H2,13,16). The van der Waals surface area contributed by atoms with Crippen LogP contribution in [0, 0.1) is 0 Å². The van der Waals surface area contributed by atoms with Gasteiger partial charge < -0.3 is 15.4 Å². The summed E-state index contributed by atoms with van der Waals surface area (Å²) in [6.45, 7) is 3.64. The Morgan fingerprint density at radius 1 is 1.47 bits per heavy atom. The summed E-state index contributed by atoms with van der Waals surface area (Å²) in [5.41, 5.74) is 5.54. The van der Waals surface area contributed by atoms with E-state index in [4.69, 9.17) is 22.7 Å². The number of hydrogen-bond donors (Lipinski definition) is 1. The predicted octanol–water partition coefficient (Wildman–Crippen LogP) is 1.92. The van der Waals surface area contributed by atoms with Crippen molar-refractivity contribution in [2.24, 2.45) is 5.73 Å². The summed E-state index contributed by atoms with van der Waals surface area (Å²) in [6, 6.07) is 4.27. The third-order valence-corrected chi connectivity index (χ3v) is 3.68. The topological polar surface area (TPSA) is 38.5 Å². The molecule has 96 valence electrons. The van der Waals surface area contributed by atoms with Crippen molar-refractivity contribution in [3.05, 3.63) is 22.4 Å². The van der Waals surface area contributed by atoms with E-state index in [1.165, 1.54) is 4.88 Å². The van der Waals surface area contributed by atoms with Crippen molar-refractivity contribution in [2.75, 3.05) is 33.4 Å². The van der Waals surface area contributed by atoms with Crippen LogP contribution in [-0.4, -0.2) is 43.2 Å². The zero-order valence-electron chi connectivity index (χ0n) is 10.2.